The lowest BCUT2D eigenvalue weighted by molar-refractivity contribution is 0.125. The van der Waals surface area contributed by atoms with Crippen molar-refractivity contribution in [2.45, 2.75) is 45.7 Å². The van der Waals surface area contributed by atoms with Gasteiger partial charge in [-0.1, -0.05) is 0 Å². The van der Waals surface area contributed by atoms with E-state index in [0.29, 0.717) is 12.1 Å². The highest BCUT2D eigenvalue weighted by atomic mass is 15.2. The molecule has 2 rings (SSSR count). The smallest absolute Gasteiger partial charge is 0.0323 e. The lowest BCUT2D eigenvalue weighted by atomic mass is 9.95. The third-order valence-electron chi connectivity index (χ3n) is 4.28. The highest BCUT2D eigenvalue weighted by molar-refractivity contribution is 5.14. The van der Waals surface area contributed by atoms with Crippen LogP contribution < -0.4 is 5.32 Å². The Morgan fingerprint density at radius 3 is 2.42 bits per heavy atom. The van der Waals surface area contributed by atoms with Crippen molar-refractivity contribution in [1.29, 1.82) is 0 Å². The zero-order valence-electron chi connectivity index (χ0n) is 12.5. The van der Waals surface area contributed by atoms with Gasteiger partial charge in [-0.05, 0) is 70.3 Å². The predicted octanol–water partition coefficient (Wildman–Crippen LogP) is 2.85. The molecule has 106 valence electrons. The Labute approximate surface area is 117 Å². The molecular formula is C16H27N3. The number of rotatable bonds is 5. The molecule has 1 unspecified atom stereocenters. The van der Waals surface area contributed by atoms with Crippen molar-refractivity contribution >= 4 is 0 Å². The van der Waals surface area contributed by atoms with E-state index in [1.165, 1.54) is 38.0 Å². The van der Waals surface area contributed by atoms with Gasteiger partial charge in [-0.3, -0.25) is 9.88 Å². The summed E-state index contributed by atoms with van der Waals surface area (Å²) >= 11 is 0. The summed E-state index contributed by atoms with van der Waals surface area (Å²) in [5.74, 6) is 0.841. The Bertz CT molecular complexity index is 358. The van der Waals surface area contributed by atoms with Crippen LogP contribution in [0.15, 0.2) is 24.5 Å². The van der Waals surface area contributed by atoms with Crippen LogP contribution in [0.25, 0.3) is 0 Å². The topological polar surface area (TPSA) is 28.2 Å². The van der Waals surface area contributed by atoms with E-state index in [1.807, 2.05) is 12.4 Å². The molecule has 1 N–H and O–H groups in total. The van der Waals surface area contributed by atoms with Crippen molar-refractivity contribution in [2.75, 3.05) is 19.6 Å². The molecule has 0 aliphatic carbocycles. The van der Waals surface area contributed by atoms with Gasteiger partial charge in [0.05, 0.1) is 0 Å². The lowest BCUT2D eigenvalue weighted by Gasteiger charge is -2.37. The summed E-state index contributed by atoms with van der Waals surface area (Å²) in [4.78, 5) is 6.75. The molecule has 1 aromatic rings. The van der Waals surface area contributed by atoms with Crippen LogP contribution in [-0.2, 0) is 0 Å². The van der Waals surface area contributed by atoms with Crippen molar-refractivity contribution in [2.24, 2.45) is 5.92 Å². The maximum Gasteiger partial charge on any atom is 0.0323 e. The number of nitrogens with zero attached hydrogens (tertiary/aromatic N) is 2. The van der Waals surface area contributed by atoms with E-state index in [9.17, 15) is 0 Å². The second-order valence-electron chi connectivity index (χ2n) is 5.94. The van der Waals surface area contributed by atoms with Gasteiger partial charge in [0, 0.05) is 31.0 Å². The Morgan fingerprint density at radius 1 is 1.21 bits per heavy atom. The van der Waals surface area contributed by atoms with Gasteiger partial charge >= 0.3 is 0 Å². The average molecular weight is 261 g/mol. The number of nitrogens with one attached hydrogen (secondary N) is 1. The van der Waals surface area contributed by atoms with E-state index >= 15 is 0 Å². The number of piperidine rings is 1. The van der Waals surface area contributed by atoms with Crippen LogP contribution in [0.4, 0.5) is 0 Å². The highest BCUT2D eigenvalue weighted by Gasteiger charge is 2.23. The van der Waals surface area contributed by atoms with Crippen LogP contribution >= 0.6 is 0 Å². The van der Waals surface area contributed by atoms with Crippen molar-refractivity contribution < 1.29 is 0 Å². The first-order chi connectivity index (χ1) is 9.18. The molecule has 1 aliphatic heterocycles. The summed E-state index contributed by atoms with van der Waals surface area (Å²) < 4.78 is 0. The molecule has 0 bridgehead atoms. The van der Waals surface area contributed by atoms with Crippen molar-refractivity contribution in [1.82, 2.24) is 15.2 Å². The van der Waals surface area contributed by atoms with Gasteiger partial charge in [0.1, 0.15) is 0 Å². The normalized spacial score (nSPS) is 19.0. The van der Waals surface area contributed by atoms with Gasteiger partial charge in [-0.25, -0.2) is 0 Å². The minimum atomic E-state index is 0.470. The molecule has 1 atom stereocenters. The molecule has 3 heteroatoms. The Hall–Kier alpha value is -0.930. The summed E-state index contributed by atoms with van der Waals surface area (Å²) in [5.41, 5.74) is 1.37. The average Bonchev–Trinajstić information content (AvgIpc) is 2.46. The van der Waals surface area contributed by atoms with E-state index in [1.54, 1.807) is 0 Å². The first-order valence-corrected chi connectivity index (χ1v) is 7.55. The largest absolute Gasteiger partial charge is 0.317 e. The fourth-order valence-corrected chi connectivity index (χ4v) is 3.01. The molecule has 0 spiro atoms. The number of hydrogen-bond acceptors (Lipinski definition) is 3. The van der Waals surface area contributed by atoms with Gasteiger partial charge in [0.2, 0.25) is 0 Å². The standard InChI is InChI=1S/C16H27N3/c1-13(2)19(12-15-4-8-17-9-5-15)14(3)16-6-10-18-11-7-16/h6-7,10-11,13-15,17H,4-5,8-9,12H2,1-3H3. The minimum absolute atomic E-state index is 0.470. The molecular weight excluding hydrogens is 234 g/mol. The molecule has 19 heavy (non-hydrogen) atoms. The Balaban J connectivity index is 2.02. The monoisotopic (exact) mass is 261 g/mol. The minimum Gasteiger partial charge on any atom is -0.317 e. The zero-order chi connectivity index (χ0) is 13.7. The molecule has 0 aromatic carbocycles. The third kappa shape index (κ3) is 4.02. The second-order valence-corrected chi connectivity index (χ2v) is 5.94. The SMILES string of the molecule is CC(C)N(CC1CCNCC1)C(C)c1ccncc1. The van der Waals surface area contributed by atoms with Crippen molar-refractivity contribution in [3.05, 3.63) is 30.1 Å². The summed E-state index contributed by atoms with van der Waals surface area (Å²) in [6, 6.07) is 5.33. The fourth-order valence-electron chi connectivity index (χ4n) is 3.01. The molecule has 3 nitrogen and oxygen atoms in total. The molecule has 1 aromatic heterocycles. The van der Waals surface area contributed by atoms with Gasteiger partial charge < -0.3 is 5.32 Å². The van der Waals surface area contributed by atoms with Gasteiger partial charge in [0.25, 0.3) is 0 Å². The van der Waals surface area contributed by atoms with Gasteiger partial charge in [-0.15, -0.1) is 0 Å². The Kier molecular flexibility index (Phi) is 5.34. The van der Waals surface area contributed by atoms with Gasteiger partial charge in [0.15, 0.2) is 0 Å². The van der Waals surface area contributed by atoms with Crippen LogP contribution in [0.3, 0.4) is 0 Å². The van der Waals surface area contributed by atoms with E-state index in [4.69, 9.17) is 0 Å². The molecule has 0 saturated carbocycles. The maximum absolute atomic E-state index is 4.12. The number of hydrogen-bond donors (Lipinski definition) is 1. The first kappa shape index (κ1) is 14.5. The summed E-state index contributed by atoms with van der Waals surface area (Å²) in [7, 11) is 0. The summed E-state index contributed by atoms with van der Waals surface area (Å²) in [5, 5.41) is 3.45. The molecule has 1 fully saturated rings. The lowest BCUT2D eigenvalue weighted by Crippen LogP contribution is -2.40. The molecule has 1 saturated heterocycles. The van der Waals surface area contributed by atoms with Crippen LogP contribution in [0.1, 0.15) is 45.2 Å². The van der Waals surface area contributed by atoms with Gasteiger partial charge in [-0.2, -0.15) is 0 Å². The van der Waals surface area contributed by atoms with Crippen molar-refractivity contribution in [3.63, 3.8) is 0 Å². The van der Waals surface area contributed by atoms with Crippen LogP contribution in [0.2, 0.25) is 0 Å². The fraction of sp³-hybridized carbons (Fsp3) is 0.688. The molecule has 0 radical (unpaired) electrons. The van der Waals surface area contributed by atoms with Crippen LogP contribution in [-0.4, -0.2) is 35.6 Å². The van der Waals surface area contributed by atoms with E-state index in [2.05, 4.69) is 48.1 Å². The molecule has 0 amide bonds. The predicted molar refractivity (Wildman–Crippen MR) is 80.1 cm³/mol. The highest BCUT2D eigenvalue weighted by Crippen LogP contribution is 2.25. The number of pyridine rings is 1. The number of aromatic nitrogens is 1. The third-order valence-corrected chi connectivity index (χ3v) is 4.28. The van der Waals surface area contributed by atoms with Crippen molar-refractivity contribution in [3.8, 4) is 0 Å². The molecule has 1 aliphatic rings. The first-order valence-electron chi connectivity index (χ1n) is 7.55. The van der Waals surface area contributed by atoms with Crippen LogP contribution in [0, 0.1) is 5.92 Å². The van der Waals surface area contributed by atoms with E-state index in [-0.39, 0.29) is 0 Å². The molecule has 2 heterocycles. The summed E-state index contributed by atoms with van der Waals surface area (Å²) in [6.07, 6.45) is 6.42. The van der Waals surface area contributed by atoms with E-state index in [0.717, 1.165) is 5.92 Å². The second kappa shape index (κ2) is 7.01. The van der Waals surface area contributed by atoms with Crippen LogP contribution in [0.5, 0.6) is 0 Å². The quantitative estimate of drug-likeness (QED) is 0.883. The summed E-state index contributed by atoms with van der Waals surface area (Å²) in [6.45, 7) is 10.5. The maximum atomic E-state index is 4.12. The van der Waals surface area contributed by atoms with E-state index < -0.39 is 0 Å². The zero-order valence-corrected chi connectivity index (χ0v) is 12.5. The Morgan fingerprint density at radius 2 is 1.84 bits per heavy atom.